The van der Waals surface area contributed by atoms with Crippen molar-refractivity contribution in [3.05, 3.63) is 29.3 Å². The lowest BCUT2D eigenvalue weighted by atomic mass is 9.53. The Morgan fingerprint density at radius 1 is 1.33 bits per heavy atom. The lowest BCUT2D eigenvalue weighted by Crippen LogP contribution is -2.43. The molecule has 1 aromatic carbocycles. The summed E-state index contributed by atoms with van der Waals surface area (Å²) in [5, 5.41) is 9.27. The molecule has 2 heteroatoms. The van der Waals surface area contributed by atoms with E-state index in [-0.39, 0.29) is 0 Å². The van der Waals surface area contributed by atoms with Gasteiger partial charge in [0.2, 0.25) is 0 Å². The summed E-state index contributed by atoms with van der Waals surface area (Å²) < 4.78 is 5.43. The van der Waals surface area contributed by atoms with Crippen molar-refractivity contribution in [2.75, 3.05) is 7.11 Å². The molecule has 2 fully saturated rings. The third-order valence-corrected chi connectivity index (χ3v) is 7.77. The van der Waals surface area contributed by atoms with E-state index in [1.54, 1.807) is 12.7 Å². The minimum absolute atomic E-state index is 0.389. The van der Waals surface area contributed by atoms with Gasteiger partial charge in [-0.1, -0.05) is 19.9 Å². The molecule has 0 heterocycles. The van der Waals surface area contributed by atoms with Crippen LogP contribution < -0.4 is 4.74 Å². The molecule has 3 aliphatic carbocycles. The highest BCUT2D eigenvalue weighted by Crippen LogP contribution is 2.65. The van der Waals surface area contributed by atoms with E-state index in [1.165, 1.54) is 37.7 Å². The Morgan fingerprint density at radius 3 is 2.92 bits per heavy atom. The zero-order chi connectivity index (χ0) is 16.9. The third-order valence-electron chi connectivity index (χ3n) is 7.77. The third kappa shape index (κ3) is 2.20. The summed E-state index contributed by atoms with van der Waals surface area (Å²) in [5.41, 5.74) is 3.49. The molecule has 0 bridgehead atoms. The van der Waals surface area contributed by atoms with Crippen LogP contribution >= 0.6 is 0 Å². The normalized spacial score (nSPS) is 40.2. The van der Waals surface area contributed by atoms with E-state index in [0.29, 0.717) is 11.3 Å². The van der Waals surface area contributed by atoms with E-state index in [9.17, 15) is 5.26 Å². The molecule has 0 spiro atoms. The van der Waals surface area contributed by atoms with Crippen LogP contribution in [0.4, 0.5) is 0 Å². The highest BCUT2D eigenvalue weighted by atomic mass is 16.5. The molecule has 1 aromatic rings. The van der Waals surface area contributed by atoms with Crippen LogP contribution in [-0.4, -0.2) is 7.11 Å². The summed E-state index contributed by atoms with van der Waals surface area (Å²) in [6.45, 7) is 4.95. The Balaban J connectivity index is 1.68. The van der Waals surface area contributed by atoms with Crippen molar-refractivity contribution >= 4 is 0 Å². The molecule has 0 aromatic heterocycles. The molecule has 0 amide bonds. The van der Waals surface area contributed by atoms with E-state index in [4.69, 9.17) is 4.74 Å². The Morgan fingerprint density at radius 2 is 2.17 bits per heavy atom. The van der Waals surface area contributed by atoms with Gasteiger partial charge in [-0.25, -0.2) is 0 Å². The summed E-state index contributed by atoms with van der Waals surface area (Å²) in [5.74, 6) is 4.70. The predicted octanol–water partition coefficient (Wildman–Crippen LogP) is 5.33. The van der Waals surface area contributed by atoms with Gasteiger partial charge in [-0.2, -0.15) is 5.26 Å². The van der Waals surface area contributed by atoms with Crippen LogP contribution in [0.25, 0.3) is 0 Å². The molecule has 24 heavy (non-hydrogen) atoms. The molecule has 6 atom stereocenters. The number of hydrogen-bond donors (Lipinski definition) is 0. The largest absolute Gasteiger partial charge is 0.497 e. The van der Waals surface area contributed by atoms with E-state index < -0.39 is 0 Å². The Hall–Kier alpha value is -1.49. The van der Waals surface area contributed by atoms with Crippen LogP contribution in [0, 0.1) is 40.4 Å². The number of rotatable bonds is 2. The highest BCUT2D eigenvalue weighted by molar-refractivity contribution is 5.40. The van der Waals surface area contributed by atoms with Crippen molar-refractivity contribution in [1.82, 2.24) is 0 Å². The van der Waals surface area contributed by atoms with E-state index >= 15 is 0 Å². The molecule has 0 radical (unpaired) electrons. The van der Waals surface area contributed by atoms with Crippen molar-refractivity contribution in [3.8, 4) is 11.8 Å². The number of aryl methyl sites for hydroxylation is 1. The molecule has 0 aliphatic heterocycles. The average Bonchev–Trinajstić information content (AvgIpc) is 2.85. The second kappa shape index (κ2) is 5.80. The fraction of sp³-hybridized carbons (Fsp3) is 0.682. The number of fused-ring (bicyclic) bond motifs is 5. The minimum atomic E-state index is 0.389. The van der Waals surface area contributed by atoms with E-state index in [2.05, 4.69) is 38.1 Å². The van der Waals surface area contributed by atoms with Crippen LogP contribution in [0.2, 0.25) is 0 Å². The first kappa shape index (κ1) is 16.0. The molecule has 4 rings (SSSR count). The van der Waals surface area contributed by atoms with Crippen molar-refractivity contribution in [2.24, 2.45) is 29.1 Å². The maximum Gasteiger partial charge on any atom is 0.119 e. The molecule has 3 aliphatic rings. The molecule has 2 saturated carbocycles. The van der Waals surface area contributed by atoms with Gasteiger partial charge in [-0.05, 0) is 90.4 Å². The summed E-state index contributed by atoms with van der Waals surface area (Å²) in [6.07, 6.45) is 7.10. The zero-order valence-electron chi connectivity index (χ0n) is 15.2. The Labute approximate surface area is 146 Å². The fourth-order valence-corrected chi connectivity index (χ4v) is 6.80. The quantitative estimate of drug-likeness (QED) is 0.737. The van der Waals surface area contributed by atoms with Crippen LogP contribution in [-0.2, 0) is 6.42 Å². The molecule has 2 nitrogen and oxygen atoms in total. The summed E-state index contributed by atoms with van der Waals surface area (Å²) in [6, 6.07) is 9.21. The number of nitrogens with zero attached hydrogens (tertiary/aromatic N) is 1. The fourth-order valence-electron chi connectivity index (χ4n) is 6.80. The summed E-state index contributed by atoms with van der Waals surface area (Å²) >= 11 is 0. The Kier molecular flexibility index (Phi) is 3.87. The molecular weight excluding hydrogens is 294 g/mol. The van der Waals surface area contributed by atoms with Crippen molar-refractivity contribution in [3.63, 3.8) is 0 Å². The second-order valence-corrected chi connectivity index (χ2v) is 8.72. The lowest BCUT2D eigenvalue weighted by Gasteiger charge is -2.52. The first-order valence-corrected chi connectivity index (χ1v) is 9.62. The van der Waals surface area contributed by atoms with E-state index in [0.717, 1.165) is 35.8 Å². The van der Waals surface area contributed by atoms with Crippen LogP contribution in [0.3, 0.4) is 0 Å². The number of ether oxygens (including phenoxy) is 1. The maximum absolute atomic E-state index is 9.27. The first-order chi connectivity index (χ1) is 11.6. The maximum atomic E-state index is 9.27. The summed E-state index contributed by atoms with van der Waals surface area (Å²) in [4.78, 5) is 0. The predicted molar refractivity (Wildman–Crippen MR) is 95.9 cm³/mol. The van der Waals surface area contributed by atoms with Gasteiger partial charge in [0, 0.05) is 6.42 Å². The minimum Gasteiger partial charge on any atom is -0.497 e. The van der Waals surface area contributed by atoms with Gasteiger partial charge in [0.05, 0.1) is 13.2 Å². The smallest absolute Gasteiger partial charge is 0.119 e. The van der Waals surface area contributed by atoms with Gasteiger partial charge >= 0.3 is 0 Å². The first-order valence-electron chi connectivity index (χ1n) is 9.62. The second-order valence-electron chi connectivity index (χ2n) is 8.72. The molecule has 0 saturated heterocycles. The topological polar surface area (TPSA) is 33.0 Å². The number of methoxy groups -OCH3 is 1. The van der Waals surface area contributed by atoms with Crippen molar-refractivity contribution < 1.29 is 4.74 Å². The van der Waals surface area contributed by atoms with Gasteiger partial charge in [0.25, 0.3) is 0 Å². The van der Waals surface area contributed by atoms with E-state index in [1.807, 2.05) is 0 Å². The molecular formula is C22H29NO. The van der Waals surface area contributed by atoms with Crippen LogP contribution in [0.15, 0.2) is 18.2 Å². The van der Waals surface area contributed by atoms with Crippen LogP contribution in [0.5, 0.6) is 5.75 Å². The van der Waals surface area contributed by atoms with Gasteiger partial charge in [0.15, 0.2) is 0 Å². The highest BCUT2D eigenvalue weighted by Gasteiger charge is 2.57. The van der Waals surface area contributed by atoms with Crippen LogP contribution in [0.1, 0.15) is 63.0 Å². The molecule has 128 valence electrons. The average molecular weight is 323 g/mol. The zero-order valence-corrected chi connectivity index (χ0v) is 15.2. The van der Waals surface area contributed by atoms with Crippen molar-refractivity contribution in [2.45, 2.75) is 58.3 Å². The van der Waals surface area contributed by atoms with Gasteiger partial charge in [-0.15, -0.1) is 0 Å². The Bertz CT molecular complexity index is 675. The van der Waals surface area contributed by atoms with Gasteiger partial charge in [0.1, 0.15) is 5.75 Å². The van der Waals surface area contributed by atoms with Gasteiger partial charge < -0.3 is 4.74 Å². The monoisotopic (exact) mass is 323 g/mol. The number of nitriles is 1. The standard InChI is InChI=1S/C22H29NO/c1-14-12-16(9-11-23)22(2)10-8-19-18-7-5-17(24-3)13-15(18)4-6-20(19)21(14)22/h5,7,13-14,16,19-21H,4,6,8-10,12H2,1-3H3/t14?,16-,19?,20?,21?,22?/m1/s1. The summed E-state index contributed by atoms with van der Waals surface area (Å²) in [7, 11) is 1.76. The molecule has 5 unspecified atom stereocenters. The number of benzene rings is 1. The SMILES string of the molecule is COc1ccc2c(c1)CCC1C2CCC2(C)C1C(C)C[C@H]2CC#N. The van der Waals surface area contributed by atoms with Crippen molar-refractivity contribution in [1.29, 1.82) is 5.26 Å². The number of hydrogen-bond acceptors (Lipinski definition) is 2. The van der Waals surface area contributed by atoms with Gasteiger partial charge in [-0.3, -0.25) is 0 Å². The molecule has 0 N–H and O–H groups in total. The lowest BCUT2D eigenvalue weighted by molar-refractivity contribution is 0.0150.